The van der Waals surface area contributed by atoms with Gasteiger partial charge in [-0.2, -0.15) is 5.10 Å². The molecular weight excluding hydrogens is 430 g/mol. The Morgan fingerprint density at radius 3 is 2.44 bits per heavy atom. The number of para-hydroxylation sites is 1. The molecule has 0 aliphatic carbocycles. The van der Waals surface area contributed by atoms with Gasteiger partial charge in [-0.05, 0) is 30.3 Å². The molecule has 0 aliphatic rings. The van der Waals surface area contributed by atoms with Gasteiger partial charge >= 0.3 is 0 Å². The number of sulfonamides is 1. The molecule has 0 atom stereocenters. The zero-order valence-electron chi connectivity index (χ0n) is 18.1. The predicted molar refractivity (Wildman–Crippen MR) is 120 cm³/mol. The van der Waals surface area contributed by atoms with Crippen LogP contribution in [0.15, 0.2) is 71.9 Å². The van der Waals surface area contributed by atoms with Crippen molar-refractivity contribution in [2.75, 3.05) is 27.7 Å². The molecule has 1 N–H and O–H groups in total. The van der Waals surface area contributed by atoms with Crippen LogP contribution >= 0.6 is 0 Å². The molecule has 168 valence electrons. The van der Waals surface area contributed by atoms with Crippen LogP contribution in [0.1, 0.15) is 15.9 Å². The average Bonchev–Trinajstić information content (AvgIpc) is 3.26. The van der Waals surface area contributed by atoms with Gasteiger partial charge in [0.2, 0.25) is 15.9 Å². The lowest BCUT2D eigenvalue weighted by Crippen LogP contribution is -2.37. The van der Waals surface area contributed by atoms with E-state index in [1.54, 1.807) is 17.9 Å². The van der Waals surface area contributed by atoms with Crippen molar-refractivity contribution in [2.45, 2.75) is 11.4 Å². The van der Waals surface area contributed by atoms with Crippen molar-refractivity contribution in [3.63, 3.8) is 0 Å². The van der Waals surface area contributed by atoms with Crippen molar-refractivity contribution >= 4 is 21.8 Å². The fourth-order valence-electron chi connectivity index (χ4n) is 2.93. The summed E-state index contributed by atoms with van der Waals surface area (Å²) in [6.07, 6.45) is 3.53. The molecule has 2 amide bonds. The highest BCUT2D eigenvalue weighted by molar-refractivity contribution is 7.89. The highest BCUT2D eigenvalue weighted by Gasteiger charge is 2.19. The van der Waals surface area contributed by atoms with E-state index in [1.807, 2.05) is 36.5 Å². The maximum absolute atomic E-state index is 12.5. The normalized spacial score (nSPS) is 11.4. The number of carbonyl (C=O) groups excluding carboxylic acids is 2. The Morgan fingerprint density at radius 1 is 1.03 bits per heavy atom. The molecule has 3 aromatic rings. The summed E-state index contributed by atoms with van der Waals surface area (Å²) in [5.41, 5.74) is 1.92. The summed E-state index contributed by atoms with van der Waals surface area (Å²) in [6.45, 7) is 0.116. The van der Waals surface area contributed by atoms with Crippen LogP contribution in [-0.4, -0.2) is 66.9 Å². The fraction of sp³-hybridized carbons (Fsp3) is 0.227. The topological polar surface area (TPSA) is 105 Å². The van der Waals surface area contributed by atoms with E-state index in [2.05, 4.69) is 10.4 Å². The van der Waals surface area contributed by atoms with E-state index in [4.69, 9.17) is 0 Å². The zero-order valence-corrected chi connectivity index (χ0v) is 18.9. The third-order valence-electron chi connectivity index (χ3n) is 4.78. The van der Waals surface area contributed by atoms with E-state index in [0.717, 1.165) is 15.6 Å². The van der Waals surface area contributed by atoms with Gasteiger partial charge in [0.15, 0.2) is 0 Å². The minimum absolute atomic E-state index is 0.00835. The van der Waals surface area contributed by atoms with Crippen molar-refractivity contribution in [3.05, 3.63) is 78.1 Å². The minimum Gasteiger partial charge on any atom is -0.343 e. The first kappa shape index (κ1) is 23.2. The van der Waals surface area contributed by atoms with E-state index in [-0.39, 0.29) is 22.9 Å². The Bertz CT molecular complexity index is 1210. The third-order valence-corrected chi connectivity index (χ3v) is 6.59. The van der Waals surface area contributed by atoms with E-state index in [9.17, 15) is 18.0 Å². The minimum atomic E-state index is -3.66. The number of rotatable bonds is 8. The van der Waals surface area contributed by atoms with Crippen molar-refractivity contribution in [1.29, 1.82) is 0 Å². The van der Waals surface area contributed by atoms with Crippen LogP contribution in [0.4, 0.5) is 0 Å². The van der Waals surface area contributed by atoms with Crippen LogP contribution < -0.4 is 5.32 Å². The lowest BCUT2D eigenvalue weighted by atomic mass is 10.2. The summed E-state index contributed by atoms with van der Waals surface area (Å²) in [5, 5.41) is 6.85. The van der Waals surface area contributed by atoms with Crippen LogP contribution in [0.3, 0.4) is 0 Å². The van der Waals surface area contributed by atoms with E-state index >= 15 is 0 Å². The quantitative estimate of drug-likeness (QED) is 0.554. The van der Waals surface area contributed by atoms with Gasteiger partial charge in [-0.25, -0.2) is 17.4 Å². The Balaban J connectivity index is 1.58. The molecule has 0 unspecified atom stereocenters. The number of nitrogens with one attached hydrogen (secondary N) is 1. The van der Waals surface area contributed by atoms with Crippen LogP contribution in [-0.2, 0) is 21.4 Å². The Hall–Kier alpha value is -3.50. The molecule has 0 spiro atoms. The molecule has 32 heavy (non-hydrogen) atoms. The number of aromatic nitrogens is 2. The highest BCUT2D eigenvalue weighted by Crippen LogP contribution is 2.15. The number of hydrogen-bond donors (Lipinski definition) is 1. The number of likely N-dealkylation sites (N-methyl/N-ethyl adjacent to an activating group) is 1. The molecule has 0 radical (unpaired) electrons. The van der Waals surface area contributed by atoms with Crippen LogP contribution in [0.2, 0.25) is 0 Å². The third kappa shape index (κ3) is 5.40. The summed E-state index contributed by atoms with van der Waals surface area (Å²) >= 11 is 0. The molecule has 0 fully saturated rings. The van der Waals surface area contributed by atoms with E-state index < -0.39 is 15.9 Å². The second-order valence-corrected chi connectivity index (χ2v) is 9.53. The summed E-state index contributed by atoms with van der Waals surface area (Å²) < 4.78 is 27.3. The summed E-state index contributed by atoms with van der Waals surface area (Å²) in [4.78, 5) is 26.4. The van der Waals surface area contributed by atoms with Crippen molar-refractivity contribution < 1.29 is 18.0 Å². The summed E-state index contributed by atoms with van der Waals surface area (Å²) in [6, 6.07) is 15.3. The Kier molecular flexibility index (Phi) is 7.06. The first-order chi connectivity index (χ1) is 15.2. The fourth-order valence-corrected chi connectivity index (χ4v) is 3.88. The van der Waals surface area contributed by atoms with Crippen LogP contribution in [0.25, 0.3) is 5.69 Å². The molecule has 3 rings (SSSR count). The van der Waals surface area contributed by atoms with Gasteiger partial charge in [-0.1, -0.05) is 24.3 Å². The lowest BCUT2D eigenvalue weighted by molar-refractivity contribution is -0.129. The van der Waals surface area contributed by atoms with Gasteiger partial charge in [0.1, 0.15) is 0 Å². The number of hydrogen-bond acceptors (Lipinski definition) is 5. The molecular formula is C22H25N5O4S. The zero-order chi connectivity index (χ0) is 23.3. The maximum atomic E-state index is 12.5. The maximum Gasteiger partial charge on any atom is 0.251 e. The smallest absolute Gasteiger partial charge is 0.251 e. The first-order valence-corrected chi connectivity index (χ1v) is 11.3. The van der Waals surface area contributed by atoms with Gasteiger partial charge in [-0.3, -0.25) is 9.59 Å². The first-order valence-electron chi connectivity index (χ1n) is 9.82. The highest BCUT2D eigenvalue weighted by atomic mass is 32.2. The molecule has 0 bridgehead atoms. The van der Waals surface area contributed by atoms with Crippen LogP contribution in [0, 0.1) is 0 Å². The van der Waals surface area contributed by atoms with E-state index in [1.165, 1.54) is 43.3 Å². The van der Waals surface area contributed by atoms with E-state index in [0.29, 0.717) is 6.54 Å². The molecule has 1 aromatic heterocycles. The largest absolute Gasteiger partial charge is 0.343 e. The number of benzene rings is 2. The van der Waals surface area contributed by atoms with Crippen LogP contribution in [0.5, 0.6) is 0 Å². The summed E-state index contributed by atoms with van der Waals surface area (Å²) in [7, 11) is 0.811. The average molecular weight is 456 g/mol. The van der Waals surface area contributed by atoms with Gasteiger partial charge in [0.25, 0.3) is 5.91 Å². The molecule has 0 aliphatic heterocycles. The predicted octanol–water partition coefficient (Wildman–Crippen LogP) is 1.51. The number of nitrogens with zero attached hydrogens (tertiary/aromatic N) is 4. The van der Waals surface area contributed by atoms with Gasteiger partial charge in [0, 0.05) is 45.0 Å². The van der Waals surface area contributed by atoms with Crippen molar-refractivity contribution in [2.24, 2.45) is 0 Å². The SMILES string of the molecule is CN(Cc1cnn(-c2ccccc2)c1)C(=O)CNC(=O)c1cccc(S(=O)(=O)N(C)C)c1. The van der Waals surface area contributed by atoms with Gasteiger partial charge in [-0.15, -0.1) is 0 Å². The standard InChI is InChI=1S/C22H25N5O4S/c1-25(2)32(30,31)20-11-7-8-18(12-20)22(29)23-14-21(28)26(3)15-17-13-24-27(16-17)19-9-5-4-6-10-19/h4-13,16H,14-15H2,1-3H3,(H,23,29). The molecule has 2 aromatic carbocycles. The molecule has 10 heteroatoms. The second kappa shape index (κ2) is 9.75. The number of amides is 2. The number of carbonyl (C=O) groups is 2. The summed E-state index contributed by atoms with van der Waals surface area (Å²) in [5.74, 6) is -0.817. The molecule has 1 heterocycles. The van der Waals surface area contributed by atoms with Gasteiger partial charge < -0.3 is 10.2 Å². The second-order valence-electron chi connectivity index (χ2n) is 7.38. The monoisotopic (exact) mass is 455 g/mol. The molecule has 0 saturated heterocycles. The van der Waals surface area contributed by atoms with Crippen molar-refractivity contribution in [3.8, 4) is 5.69 Å². The Morgan fingerprint density at radius 2 is 1.75 bits per heavy atom. The lowest BCUT2D eigenvalue weighted by Gasteiger charge is -2.17. The van der Waals surface area contributed by atoms with Gasteiger partial charge in [0.05, 0.1) is 23.3 Å². The van der Waals surface area contributed by atoms with Crippen molar-refractivity contribution in [1.82, 2.24) is 24.3 Å². The molecule has 0 saturated carbocycles. The molecule has 9 nitrogen and oxygen atoms in total. The Labute approximate surface area is 187 Å².